The molecular formula is C22H34N4O2. The Kier molecular flexibility index (Phi) is 6.37. The molecule has 0 radical (unpaired) electrons. The van der Waals surface area contributed by atoms with E-state index in [1.54, 1.807) is 7.11 Å². The molecule has 0 aliphatic carbocycles. The van der Waals surface area contributed by atoms with Crippen molar-refractivity contribution in [3.8, 4) is 5.75 Å². The first-order valence-electron chi connectivity index (χ1n) is 10.9. The number of para-hydroxylation sites is 1. The van der Waals surface area contributed by atoms with Gasteiger partial charge in [0, 0.05) is 12.1 Å². The fourth-order valence-corrected chi connectivity index (χ4v) is 4.87. The first-order valence-corrected chi connectivity index (χ1v) is 10.9. The lowest BCUT2D eigenvalue weighted by Gasteiger charge is -2.28. The molecule has 2 N–H and O–H groups in total. The Balaban J connectivity index is 1.50. The Morgan fingerprint density at radius 1 is 1.29 bits per heavy atom. The van der Waals surface area contributed by atoms with Gasteiger partial charge in [-0.1, -0.05) is 18.2 Å². The highest BCUT2D eigenvalue weighted by molar-refractivity contribution is 5.80. The van der Waals surface area contributed by atoms with Gasteiger partial charge >= 0.3 is 0 Å². The minimum Gasteiger partial charge on any atom is -0.496 e. The highest BCUT2D eigenvalue weighted by Crippen LogP contribution is 2.34. The first kappa shape index (κ1) is 19.5. The maximum atomic E-state index is 6.00. The largest absolute Gasteiger partial charge is 0.496 e. The molecule has 0 spiro atoms. The molecule has 4 rings (SSSR count). The molecular weight excluding hydrogens is 352 g/mol. The second-order valence-corrected chi connectivity index (χ2v) is 8.08. The monoisotopic (exact) mass is 386 g/mol. The molecule has 3 aliphatic rings. The number of nitrogens with zero attached hydrogens (tertiary/aromatic N) is 2. The highest BCUT2D eigenvalue weighted by atomic mass is 16.5. The second-order valence-electron chi connectivity index (χ2n) is 8.08. The van der Waals surface area contributed by atoms with Crippen molar-refractivity contribution < 1.29 is 9.47 Å². The molecule has 6 nitrogen and oxygen atoms in total. The van der Waals surface area contributed by atoms with E-state index in [1.165, 1.54) is 31.2 Å². The van der Waals surface area contributed by atoms with E-state index in [0.29, 0.717) is 18.2 Å². The molecule has 2 bridgehead atoms. The topological polar surface area (TPSA) is 58.1 Å². The van der Waals surface area contributed by atoms with Crippen LogP contribution in [-0.2, 0) is 4.74 Å². The summed E-state index contributed by atoms with van der Waals surface area (Å²) >= 11 is 0. The summed E-state index contributed by atoms with van der Waals surface area (Å²) in [6.45, 7) is 5.95. The van der Waals surface area contributed by atoms with Crippen molar-refractivity contribution in [3.63, 3.8) is 0 Å². The molecule has 3 fully saturated rings. The Morgan fingerprint density at radius 2 is 2.11 bits per heavy atom. The average Bonchev–Trinajstić information content (AvgIpc) is 3.47. The van der Waals surface area contributed by atoms with Crippen molar-refractivity contribution in [2.24, 2.45) is 4.99 Å². The van der Waals surface area contributed by atoms with Crippen molar-refractivity contribution in [1.82, 2.24) is 15.5 Å². The van der Waals surface area contributed by atoms with E-state index in [-0.39, 0.29) is 6.04 Å². The molecule has 3 saturated heterocycles. The average molecular weight is 387 g/mol. The van der Waals surface area contributed by atoms with Crippen molar-refractivity contribution in [2.75, 3.05) is 33.3 Å². The predicted octanol–water partition coefficient (Wildman–Crippen LogP) is 2.71. The van der Waals surface area contributed by atoms with E-state index in [9.17, 15) is 0 Å². The van der Waals surface area contributed by atoms with Crippen LogP contribution in [0.3, 0.4) is 0 Å². The first-order chi connectivity index (χ1) is 13.8. The fourth-order valence-electron chi connectivity index (χ4n) is 4.87. The third-order valence-corrected chi connectivity index (χ3v) is 6.27. The molecule has 3 heterocycles. The SMILES string of the molecule is CCNC(=NCC(c1ccccc1OC)N1CCCC1)NC1CC2CCC1O2. The number of guanidine groups is 1. The second kappa shape index (κ2) is 9.14. The summed E-state index contributed by atoms with van der Waals surface area (Å²) in [5.41, 5.74) is 1.23. The van der Waals surface area contributed by atoms with Crippen molar-refractivity contribution in [1.29, 1.82) is 0 Å². The summed E-state index contributed by atoms with van der Waals surface area (Å²) in [6.07, 6.45) is 6.78. The van der Waals surface area contributed by atoms with Crippen molar-refractivity contribution >= 4 is 5.96 Å². The minimum absolute atomic E-state index is 0.241. The number of fused-ring (bicyclic) bond motifs is 2. The predicted molar refractivity (Wildman–Crippen MR) is 112 cm³/mol. The van der Waals surface area contributed by atoms with Gasteiger partial charge in [0.2, 0.25) is 0 Å². The van der Waals surface area contributed by atoms with Gasteiger partial charge < -0.3 is 20.1 Å². The molecule has 1 aromatic rings. The number of ether oxygens (including phenoxy) is 2. The number of methoxy groups -OCH3 is 1. The summed E-state index contributed by atoms with van der Waals surface area (Å²) in [5.74, 6) is 1.86. The lowest BCUT2D eigenvalue weighted by Crippen LogP contribution is -2.47. The van der Waals surface area contributed by atoms with Crippen LogP contribution < -0.4 is 15.4 Å². The molecule has 4 unspecified atom stereocenters. The van der Waals surface area contributed by atoms with Crippen molar-refractivity contribution in [3.05, 3.63) is 29.8 Å². The van der Waals surface area contributed by atoms with E-state index >= 15 is 0 Å². The molecule has 0 aromatic heterocycles. The molecule has 1 aromatic carbocycles. The molecule has 28 heavy (non-hydrogen) atoms. The maximum Gasteiger partial charge on any atom is 0.191 e. The van der Waals surface area contributed by atoms with Crippen LogP contribution >= 0.6 is 0 Å². The van der Waals surface area contributed by atoms with Gasteiger partial charge in [-0.15, -0.1) is 0 Å². The number of benzene rings is 1. The van der Waals surface area contributed by atoms with Gasteiger partial charge in [0.05, 0.1) is 37.9 Å². The Hall–Kier alpha value is -1.79. The summed E-state index contributed by atoms with van der Waals surface area (Å²) in [6, 6.07) is 8.99. The minimum atomic E-state index is 0.241. The standard InChI is InChI=1S/C22H34N4O2/c1-3-23-22(25-18-14-16-10-11-21(18)28-16)24-15-19(26-12-6-7-13-26)17-8-4-5-9-20(17)27-2/h4-5,8-9,16,18-19,21H,3,6-7,10-15H2,1-2H3,(H2,23,24,25). The van der Waals surface area contributed by atoms with E-state index in [0.717, 1.165) is 44.3 Å². The van der Waals surface area contributed by atoms with Crippen LogP contribution in [0.25, 0.3) is 0 Å². The molecule has 3 aliphatic heterocycles. The van der Waals surface area contributed by atoms with Crippen LogP contribution in [0.2, 0.25) is 0 Å². The summed E-state index contributed by atoms with van der Waals surface area (Å²) in [4.78, 5) is 7.55. The zero-order valence-electron chi connectivity index (χ0n) is 17.2. The quantitative estimate of drug-likeness (QED) is 0.557. The van der Waals surface area contributed by atoms with Crippen LogP contribution in [0.1, 0.15) is 50.6 Å². The maximum absolute atomic E-state index is 6.00. The molecule has 6 heteroatoms. The molecule has 154 valence electrons. The van der Waals surface area contributed by atoms with Crippen molar-refractivity contribution in [2.45, 2.75) is 63.3 Å². The van der Waals surface area contributed by atoms with E-state index in [1.807, 2.05) is 6.07 Å². The molecule has 0 amide bonds. The smallest absolute Gasteiger partial charge is 0.191 e. The van der Waals surface area contributed by atoms with Crippen LogP contribution in [0.5, 0.6) is 5.75 Å². The number of rotatable bonds is 7. The lowest BCUT2D eigenvalue weighted by molar-refractivity contribution is 0.0992. The van der Waals surface area contributed by atoms with Gasteiger partial charge in [0.1, 0.15) is 5.75 Å². The van der Waals surface area contributed by atoms with Gasteiger partial charge in [-0.3, -0.25) is 9.89 Å². The van der Waals surface area contributed by atoms with Crippen LogP contribution in [0, 0.1) is 0 Å². The number of hydrogen-bond donors (Lipinski definition) is 2. The van der Waals surface area contributed by atoms with E-state index < -0.39 is 0 Å². The Bertz CT molecular complexity index is 674. The van der Waals surface area contributed by atoms with E-state index in [2.05, 4.69) is 40.7 Å². The third-order valence-electron chi connectivity index (χ3n) is 6.27. The van der Waals surface area contributed by atoms with Gasteiger partial charge in [-0.25, -0.2) is 0 Å². The van der Waals surface area contributed by atoms with Crippen LogP contribution in [-0.4, -0.2) is 62.4 Å². The van der Waals surface area contributed by atoms with Gasteiger partial charge in [-0.2, -0.15) is 0 Å². The summed E-state index contributed by atoms with van der Waals surface area (Å²) in [5, 5.41) is 7.07. The lowest BCUT2D eigenvalue weighted by atomic mass is 9.96. The van der Waals surface area contributed by atoms with Gasteiger partial charge in [0.25, 0.3) is 0 Å². The normalized spacial score (nSPS) is 28.5. The number of likely N-dealkylation sites (tertiary alicyclic amines) is 1. The number of nitrogens with one attached hydrogen (secondary N) is 2. The Labute approximate surface area is 168 Å². The Morgan fingerprint density at radius 3 is 2.79 bits per heavy atom. The zero-order chi connectivity index (χ0) is 19.3. The molecule has 0 saturated carbocycles. The zero-order valence-corrected chi connectivity index (χ0v) is 17.2. The van der Waals surface area contributed by atoms with E-state index in [4.69, 9.17) is 14.5 Å². The van der Waals surface area contributed by atoms with Gasteiger partial charge in [0.15, 0.2) is 5.96 Å². The van der Waals surface area contributed by atoms with Gasteiger partial charge in [-0.05, 0) is 58.2 Å². The van der Waals surface area contributed by atoms with Crippen LogP contribution in [0.15, 0.2) is 29.3 Å². The third kappa shape index (κ3) is 4.28. The molecule has 4 atom stereocenters. The number of hydrogen-bond acceptors (Lipinski definition) is 4. The highest BCUT2D eigenvalue weighted by Gasteiger charge is 2.41. The number of aliphatic imine (C=N–C) groups is 1. The summed E-state index contributed by atoms with van der Waals surface area (Å²) < 4.78 is 11.7. The summed E-state index contributed by atoms with van der Waals surface area (Å²) in [7, 11) is 1.75. The van der Waals surface area contributed by atoms with Crippen LogP contribution in [0.4, 0.5) is 0 Å². The fraction of sp³-hybridized carbons (Fsp3) is 0.682.